The number of fused-ring (bicyclic) bond motifs is 1. The normalized spacial score (nSPS) is 44.3. The fourth-order valence-electron chi connectivity index (χ4n) is 6.05. The monoisotopic (exact) mass is 291 g/mol. The molecule has 5 saturated carbocycles. The lowest BCUT2D eigenvalue weighted by Gasteiger charge is -2.49. The highest BCUT2D eigenvalue weighted by Crippen LogP contribution is 2.58. The summed E-state index contributed by atoms with van der Waals surface area (Å²) in [6, 6.07) is 0.700. The van der Waals surface area contributed by atoms with Crippen molar-refractivity contribution in [3.05, 3.63) is 0 Å². The molecular weight excluding hydrogens is 262 g/mol. The topological polar surface area (TPSA) is 12.0 Å². The Hall–Kier alpha value is -0.110. The Balaban J connectivity index is 1.49. The summed E-state index contributed by atoms with van der Waals surface area (Å²) in [4.78, 5) is 1.28. The summed E-state index contributed by atoms with van der Waals surface area (Å²) >= 11 is 5.98. The quantitative estimate of drug-likeness (QED) is 0.730. The third-order valence-corrected chi connectivity index (χ3v) is 7.33. The van der Waals surface area contributed by atoms with Gasteiger partial charge in [-0.25, -0.2) is 0 Å². The summed E-state index contributed by atoms with van der Waals surface area (Å²) in [6.07, 6.45) is 17.2. The van der Waals surface area contributed by atoms with Crippen molar-refractivity contribution in [3.8, 4) is 0 Å². The van der Waals surface area contributed by atoms with Crippen LogP contribution >= 0.6 is 12.2 Å². The van der Waals surface area contributed by atoms with Crippen molar-refractivity contribution >= 4 is 17.2 Å². The molecule has 0 heterocycles. The summed E-state index contributed by atoms with van der Waals surface area (Å²) in [7, 11) is 0. The number of hydrogen-bond donors (Lipinski definition) is 1. The third-order valence-electron chi connectivity index (χ3n) is 6.78. The fourth-order valence-corrected chi connectivity index (χ4v) is 6.47. The second-order valence-electron chi connectivity index (χ2n) is 8.35. The van der Waals surface area contributed by atoms with Crippen molar-refractivity contribution in [1.82, 2.24) is 5.32 Å². The van der Waals surface area contributed by atoms with E-state index in [0.29, 0.717) is 11.5 Å². The molecule has 0 aromatic rings. The highest BCUT2D eigenvalue weighted by Gasteiger charge is 2.50. The molecule has 2 atom stereocenters. The Kier molecular flexibility index (Phi) is 3.57. The van der Waals surface area contributed by atoms with Gasteiger partial charge in [0.05, 0.1) is 4.99 Å². The summed E-state index contributed by atoms with van der Waals surface area (Å²) in [5.74, 6) is 2.99. The smallest absolute Gasteiger partial charge is 0.0818 e. The summed E-state index contributed by atoms with van der Waals surface area (Å²) < 4.78 is 0. The first-order chi connectivity index (χ1) is 9.73. The standard InChI is InChI=1S/C18H29NS/c20-17(19-16-4-2-1-3-5-16)18-10-13-6-7-14(11-18)9-15(8-13)12-18/h13-16H,1-12H2,(H,19,20)/t13-,14-,15?,18?/m0/s1. The Bertz CT molecular complexity index is 369. The van der Waals surface area contributed by atoms with Crippen LogP contribution in [0, 0.1) is 23.2 Å². The molecule has 0 spiro atoms. The summed E-state index contributed by atoms with van der Waals surface area (Å²) in [5.41, 5.74) is 0.416. The maximum Gasteiger partial charge on any atom is 0.0818 e. The second-order valence-corrected chi connectivity index (χ2v) is 8.76. The predicted octanol–water partition coefficient (Wildman–Crippen LogP) is 4.84. The zero-order valence-electron chi connectivity index (χ0n) is 12.7. The van der Waals surface area contributed by atoms with Crippen LogP contribution in [0.25, 0.3) is 0 Å². The van der Waals surface area contributed by atoms with E-state index < -0.39 is 0 Å². The van der Waals surface area contributed by atoms with E-state index in [1.165, 1.54) is 82.0 Å². The first-order valence-corrected chi connectivity index (χ1v) is 9.45. The number of hydrogen-bond acceptors (Lipinski definition) is 1. The van der Waals surface area contributed by atoms with Crippen LogP contribution in [0.1, 0.15) is 77.0 Å². The maximum absolute atomic E-state index is 5.98. The van der Waals surface area contributed by atoms with Crippen molar-refractivity contribution in [2.24, 2.45) is 23.2 Å². The molecule has 2 heteroatoms. The highest BCUT2D eigenvalue weighted by molar-refractivity contribution is 7.80. The van der Waals surface area contributed by atoms with Crippen molar-refractivity contribution < 1.29 is 0 Å². The Morgan fingerprint density at radius 1 is 0.800 bits per heavy atom. The first kappa shape index (κ1) is 13.5. The average Bonchev–Trinajstić information content (AvgIpc) is 2.66. The molecule has 0 radical (unpaired) electrons. The van der Waals surface area contributed by atoms with E-state index in [4.69, 9.17) is 12.2 Å². The first-order valence-electron chi connectivity index (χ1n) is 9.04. The Morgan fingerprint density at radius 2 is 1.40 bits per heavy atom. The molecule has 0 aliphatic heterocycles. The fraction of sp³-hybridized carbons (Fsp3) is 0.944. The van der Waals surface area contributed by atoms with Crippen molar-refractivity contribution in [2.75, 3.05) is 0 Å². The summed E-state index contributed by atoms with van der Waals surface area (Å²) in [5, 5.41) is 3.84. The molecule has 0 amide bonds. The van der Waals surface area contributed by atoms with Gasteiger partial charge in [0.25, 0.3) is 0 Å². The van der Waals surface area contributed by atoms with Crippen molar-refractivity contribution in [1.29, 1.82) is 0 Å². The van der Waals surface area contributed by atoms with Gasteiger partial charge in [0.1, 0.15) is 0 Å². The van der Waals surface area contributed by atoms with Gasteiger partial charge >= 0.3 is 0 Å². The van der Waals surface area contributed by atoms with Crippen LogP contribution in [0.3, 0.4) is 0 Å². The van der Waals surface area contributed by atoms with Crippen LogP contribution in [-0.4, -0.2) is 11.0 Å². The molecule has 5 rings (SSSR count). The van der Waals surface area contributed by atoms with Crippen LogP contribution in [0.2, 0.25) is 0 Å². The van der Waals surface area contributed by atoms with E-state index >= 15 is 0 Å². The molecule has 0 aromatic carbocycles. The largest absolute Gasteiger partial charge is 0.376 e. The molecule has 4 bridgehead atoms. The minimum Gasteiger partial charge on any atom is -0.376 e. The number of rotatable bonds is 2. The van der Waals surface area contributed by atoms with Gasteiger partial charge in [0, 0.05) is 11.5 Å². The molecule has 0 aromatic heterocycles. The average molecular weight is 292 g/mol. The lowest BCUT2D eigenvalue weighted by Crippen LogP contribution is -2.50. The third kappa shape index (κ3) is 2.42. The van der Waals surface area contributed by atoms with Crippen LogP contribution in [-0.2, 0) is 0 Å². The lowest BCUT2D eigenvalue weighted by molar-refractivity contribution is 0.0887. The van der Waals surface area contributed by atoms with Crippen molar-refractivity contribution in [2.45, 2.75) is 83.1 Å². The van der Waals surface area contributed by atoms with E-state index in [2.05, 4.69) is 5.32 Å². The summed E-state index contributed by atoms with van der Waals surface area (Å²) in [6.45, 7) is 0. The predicted molar refractivity (Wildman–Crippen MR) is 87.8 cm³/mol. The van der Waals surface area contributed by atoms with Crippen LogP contribution in [0.5, 0.6) is 0 Å². The molecule has 0 saturated heterocycles. The minimum atomic E-state index is 0.416. The molecule has 112 valence electrons. The molecule has 5 aliphatic rings. The number of nitrogens with one attached hydrogen (secondary N) is 1. The van der Waals surface area contributed by atoms with E-state index in [-0.39, 0.29) is 0 Å². The van der Waals surface area contributed by atoms with Gasteiger partial charge in [-0.05, 0) is 62.7 Å². The molecule has 20 heavy (non-hydrogen) atoms. The Morgan fingerprint density at radius 3 is 2.05 bits per heavy atom. The highest BCUT2D eigenvalue weighted by atomic mass is 32.1. The maximum atomic E-state index is 5.98. The van der Waals surface area contributed by atoms with Crippen LogP contribution in [0.4, 0.5) is 0 Å². The van der Waals surface area contributed by atoms with Gasteiger partial charge in [0.15, 0.2) is 0 Å². The van der Waals surface area contributed by atoms with Crippen LogP contribution in [0.15, 0.2) is 0 Å². The zero-order valence-corrected chi connectivity index (χ0v) is 13.5. The number of thiocarbonyl (C=S) groups is 1. The molecule has 5 aliphatic carbocycles. The van der Waals surface area contributed by atoms with E-state index in [1.807, 2.05) is 0 Å². The van der Waals surface area contributed by atoms with Gasteiger partial charge in [-0.15, -0.1) is 0 Å². The van der Waals surface area contributed by atoms with Crippen LogP contribution < -0.4 is 5.32 Å². The van der Waals surface area contributed by atoms with Gasteiger partial charge < -0.3 is 5.32 Å². The molecule has 1 nitrogen and oxygen atoms in total. The second kappa shape index (κ2) is 5.26. The van der Waals surface area contributed by atoms with Gasteiger partial charge in [-0.1, -0.05) is 44.3 Å². The van der Waals surface area contributed by atoms with Gasteiger partial charge in [0.2, 0.25) is 0 Å². The molecular formula is C18H29NS. The van der Waals surface area contributed by atoms with E-state index in [9.17, 15) is 0 Å². The van der Waals surface area contributed by atoms with E-state index in [0.717, 1.165) is 17.8 Å². The Labute approximate surface area is 129 Å². The molecule has 1 N–H and O–H groups in total. The van der Waals surface area contributed by atoms with Gasteiger partial charge in [-0.3, -0.25) is 0 Å². The zero-order chi connectivity index (χ0) is 13.6. The SMILES string of the molecule is S=C(NC1CCCCC1)C12CC3C[C@H](CC[C@@H](C3)C1)C2. The molecule has 5 fully saturated rings. The van der Waals surface area contributed by atoms with Crippen molar-refractivity contribution in [3.63, 3.8) is 0 Å². The van der Waals surface area contributed by atoms with Gasteiger partial charge in [-0.2, -0.15) is 0 Å². The van der Waals surface area contributed by atoms with E-state index in [1.54, 1.807) is 0 Å². The molecule has 0 unspecified atom stereocenters. The minimum absolute atomic E-state index is 0.416. The lowest BCUT2D eigenvalue weighted by atomic mass is 9.58.